The number of aliphatic hydroxyl groups is 1. The molecule has 1 aliphatic carbocycles. The molecule has 0 aliphatic heterocycles. The van der Waals surface area contributed by atoms with Crippen LogP contribution in [0.2, 0.25) is 0 Å². The minimum atomic E-state index is -0.0849. The van der Waals surface area contributed by atoms with Gasteiger partial charge in [-0.3, -0.25) is 0 Å². The van der Waals surface area contributed by atoms with Crippen molar-refractivity contribution in [1.29, 1.82) is 0 Å². The fourth-order valence-corrected chi connectivity index (χ4v) is 3.11. The quantitative estimate of drug-likeness (QED) is 0.837. The Balaban J connectivity index is 1.88. The lowest BCUT2D eigenvalue weighted by molar-refractivity contribution is 0.102. The molecule has 1 aromatic carbocycles. The molecule has 0 spiro atoms. The van der Waals surface area contributed by atoms with Crippen LogP contribution in [0.4, 0.5) is 0 Å². The van der Waals surface area contributed by atoms with Gasteiger partial charge in [0.15, 0.2) is 0 Å². The van der Waals surface area contributed by atoms with Crippen LogP contribution >= 0.6 is 0 Å². The number of benzene rings is 1. The molecule has 1 aromatic rings. The van der Waals surface area contributed by atoms with Gasteiger partial charge in [-0.2, -0.15) is 0 Å². The SMILES string of the molecule is Cc1cc(C)cc(CCC(O)C2CCCC2)c1. The van der Waals surface area contributed by atoms with E-state index in [1.165, 1.54) is 42.4 Å². The first kappa shape index (κ1) is 12.6. The number of rotatable bonds is 4. The van der Waals surface area contributed by atoms with Crippen LogP contribution in [0.25, 0.3) is 0 Å². The monoisotopic (exact) mass is 232 g/mol. The summed E-state index contributed by atoms with van der Waals surface area (Å²) in [4.78, 5) is 0. The van der Waals surface area contributed by atoms with Crippen molar-refractivity contribution in [1.82, 2.24) is 0 Å². The predicted octanol–water partition coefficient (Wildman–Crippen LogP) is 3.79. The molecular weight excluding hydrogens is 208 g/mol. The van der Waals surface area contributed by atoms with E-state index in [9.17, 15) is 5.11 Å². The highest BCUT2D eigenvalue weighted by molar-refractivity contribution is 5.28. The highest BCUT2D eigenvalue weighted by atomic mass is 16.3. The summed E-state index contributed by atoms with van der Waals surface area (Å²) in [7, 11) is 0. The Morgan fingerprint density at radius 2 is 1.71 bits per heavy atom. The normalized spacial score (nSPS) is 18.5. The molecule has 0 radical (unpaired) electrons. The van der Waals surface area contributed by atoms with E-state index in [1.807, 2.05) is 0 Å². The van der Waals surface area contributed by atoms with E-state index < -0.39 is 0 Å². The lowest BCUT2D eigenvalue weighted by Crippen LogP contribution is -2.18. The second-order valence-corrected chi connectivity index (χ2v) is 5.65. The van der Waals surface area contributed by atoms with Crippen LogP contribution in [0.5, 0.6) is 0 Å². The molecule has 0 amide bonds. The summed E-state index contributed by atoms with van der Waals surface area (Å²) in [5, 5.41) is 10.1. The fraction of sp³-hybridized carbons (Fsp3) is 0.625. The van der Waals surface area contributed by atoms with Crippen molar-refractivity contribution in [3.63, 3.8) is 0 Å². The van der Waals surface area contributed by atoms with Crippen LogP contribution in [0.3, 0.4) is 0 Å². The minimum Gasteiger partial charge on any atom is -0.393 e. The molecule has 0 saturated heterocycles. The van der Waals surface area contributed by atoms with E-state index in [1.54, 1.807) is 0 Å². The van der Waals surface area contributed by atoms with E-state index in [-0.39, 0.29) is 6.10 Å². The van der Waals surface area contributed by atoms with Gasteiger partial charge in [0.1, 0.15) is 0 Å². The Labute approximate surface area is 105 Å². The summed E-state index contributed by atoms with van der Waals surface area (Å²) in [5.74, 6) is 0.570. The molecule has 1 N–H and O–H groups in total. The van der Waals surface area contributed by atoms with Crippen molar-refractivity contribution in [2.75, 3.05) is 0 Å². The van der Waals surface area contributed by atoms with E-state index in [0.717, 1.165) is 12.8 Å². The summed E-state index contributed by atoms with van der Waals surface area (Å²) >= 11 is 0. The molecule has 17 heavy (non-hydrogen) atoms. The van der Waals surface area contributed by atoms with Gasteiger partial charge in [0.25, 0.3) is 0 Å². The van der Waals surface area contributed by atoms with Gasteiger partial charge < -0.3 is 5.11 Å². The van der Waals surface area contributed by atoms with Gasteiger partial charge in [-0.1, -0.05) is 42.2 Å². The Bertz CT molecular complexity index is 344. The predicted molar refractivity (Wildman–Crippen MR) is 72.2 cm³/mol. The van der Waals surface area contributed by atoms with Crippen molar-refractivity contribution in [2.45, 2.75) is 58.5 Å². The molecule has 1 aliphatic rings. The second-order valence-electron chi connectivity index (χ2n) is 5.65. The van der Waals surface area contributed by atoms with Crippen LogP contribution in [-0.4, -0.2) is 11.2 Å². The van der Waals surface area contributed by atoms with Gasteiger partial charge >= 0.3 is 0 Å². The van der Waals surface area contributed by atoms with Crippen molar-refractivity contribution < 1.29 is 5.11 Å². The van der Waals surface area contributed by atoms with Crippen LogP contribution in [0, 0.1) is 19.8 Å². The van der Waals surface area contributed by atoms with Gasteiger partial charge in [0.05, 0.1) is 6.10 Å². The first-order valence-corrected chi connectivity index (χ1v) is 6.90. The maximum absolute atomic E-state index is 10.1. The average molecular weight is 232 g/mol. The molecule has 0 aromatic heterocycles. The summed E-state index contributed by atoms with van der Waals surface area (Å²) in [6.45, 7) is 4.29. The Hall–Kier alpha value is -0.820. The van der Waals surface area contributed by atoms with Crippen molar-refractivity contribution in [3.8, 4) is 0 Å². The Morgan fingerprint density at radius 3 is 2.29 bits per heavy atom. The van der Waals surface area contributed by atoms with Crippen molar-refractivity contribution in [2.24, 2.45) is 5.92 Å². The van der Waals surface area contributed by atoms with E-state index in [4.69, 9.17) is 0 Å². The molecule has 0 bridgehead atoms. The first-order valence-electron chi connectivity index (χ1n) is 6.90. The van der Waals surface area contributed by atoms with Gasteiger partial charge in [-0.05, 0) is 51.0 Å². The summed E-state index contributed by atoms with van der Waals surface area (Å²) in [6, 6.07) is 6.69. The van der Waals surface area contributed by atoms with Gasteiger partial charge in [-0.25, -0.2) is 0 Å². The fourth-order valence-electron chi connectivity index (χ4n) is 3.11. The lowest BCUT2D eigenvalue weighted by Gasteiger charge is -2.17. The Morgan fingerprint density at radius 1 is 1.12 bits per heavy atom. The lowest BCUT2D eigenvalue weighted by atomic mass is 9.94. The van der Waals surface area contributed by atoms with Crippen molar-refractivity contribution in [3.05, 3.63) is 34.9 Å². The standard InChI is InChI=1S/C16H24O/c1-12-9-13(2)11-14(10-12)7-8-16(17)15-5-3-4-6-15/h9-11,15-17H,3-8H2,1-2H3. The van der Waals surface area contributed by atoms with Gasteiger partial charge in [0.2, 0.25) is 0 Å². The zero-order chi connectivity index (χ0) is 12.3. The summed E-state index contributed by atoms with van der Waals surface area (Å²) in [6.07, 6.45) is 6.94. The molecule has 1 fully saturated rings. The minimum absolute atomic E-state index is 0.0849. The third-order valence-corrected chi connectivity index (χ3v) is 3.95. The molecule has 1 saturated carbocycles. The molecule has 0 heterocycles. The van der Waals surface area contributed by atoms with Crippen LogP contribution < -0.4 is 0 Å². The first-order chi connectivity index (χ1) is 8.15. The number of aryl methyl sites for hydroxylation is 3. The second kappa shape index (κ2) is 5.68. The van der Waals surface area contributed by atoms with E-state index >= 15 is 0 Å². The molecule has 94 valence electrons. The smallest absolute Gasteiger partial charge is 0.0571 e. The number of hydrogen-bond donors (Lipinski definition) is 1. The summed E-state index contributed by atoms with van der Waals surface area (Å²) in [5.41, 5.74) is 4.03. The largest absolute Gasteiger partial charge is 0.393 e. The summed E-state index contributed by atoms with van der Waals surface area (Å²) < 4.78 is 0. The number of hydrogen-bond acceptors (Lipinski definition) is 1. The molecule has 1 unspecified atom stereocenters. The average Bonchev–Trinajstić information content (AvgIpc) is 2.78. The third-order valence-electron chi connectivity index (χ3n) is 3.95. The highest BCUT2D eigenvalue weighted by Gasteiger charge is 2.22. The van der Waals surface area contributed by atoms with E-state index in [2.05, 4.69) is 32.0 Å². The van der Waals surface area contributed by atoms with Crippen LogP contribution in [0.15, 0.2) is 18.2 Å². The molecule has 1 nitrogen and oxygen atoms in total. The highest BCUT2D eigenvalue weighted by Crippen LogP contribution is 2.29. The van der Waals surface area contributed by atoms with Crippen LogP contribution in [-0.2, 0) is 6.42 Å². The third kappa shape index (κ3) is 3.57. The maximum atomic E-state index is 10.1. The number of aliphatic hydroxyl groups excluding tert-OH is 1. The topological polar surface area (TPSA) is 20.2 Å². The molecule has 1 heteroatoms. The maximum Gasteiger partial charge on any atom is 0.0571 e. The zero-order valence-electron chi connectivity index (χ0n) is 11.1. The zero-order valence-corrected chi connectivity index (χ0v) is 11.1. The molecule has 1 atom stereocenters. The van der Waals surface area contributed by atoms with Gasteiger partial charge in [0, 0.05) is 0 Å². The Kier molecular flexibility index (Phi) is 4.22. The van der Waals surface area contributed by atoms with Gasteiger partial charge in [-0.15, -0.1) is 0 Å². The molecular formula is C16H24O. The van der Waals surface area contributed by atoms with Crippen molar-refractivity contribution >= 4 is 0 Å². The molecule has 2 rings (SSSR count). The van der Waals surface area contributed by atoms with E-state index in [0.29, 0.717) is 5.92 Å². The van der Waals surface area contributed by atoms with Crippen LogP contribution in [0.1, 0.15) is 48.8 Å².